The molecule has 3 rings (SSSR count). The summed E-state index contributed by atoms with van der Waals surface area (Å²) < 4.78 is 5.30. The van der Waals surface area contributed by atoms with Crippen LogP contribution in [0.15, 0.2) is 28.9 Å². The first-order valence-corrected chi connectivity index (χ1v) is 7.52. The second kappa shape index (κ2) is 6.02. The summed E-state index contributed by atoms with van der Waals surface area (Å²) in [6.07, 6.45) is 1.83. The van der Waals surface area contributed by atoms with Crippen LogP contribution in [-0.2, 0) is 12.1 Å². The monoisotopic (exact) mass is 302 g/mol. The van der Waals surface area contributed by atoms with Crippen LogP contribution in [0.25, 0.3) is 0 Å². The van der Waals surface area contributed by atoms with Crippen molar-refractivity contribution in [1.82, 2.24) is 20.0 Å². The summed E-state index contributed by atoms with van der Waals surface area (Å²) in [7, 11) is 0. The third-order valence-electron chi connectivity index (χ3n) is 3.75. The highest BCUT2D eigenvalue weighted by atomic mass is 16.5. The SMILES string of the molecule is CC(C)(N)c1noc(CN2CCN(c3ccccn3)CC2)n1. The predicted octanol–water partition coefficient (Wildman–Crippen LogP) is 0.981. The Hall–Kier alpha value is -1.99. The summed E-state index contributed by atoms with van der Waals surface area (Å²) in [6, 6.07) is 6.00. The van der Waals surface area contributed by atoms with Gasteiger partial charge in [-0.2, -0.15) is 4.98 Å². The van der Waals surface area contributed by atoms with E-state index in [1.54, 1.807) is 0 Å². The normalized spacial score (nSPS) is 17.0. The number of pyridine rings is 1. The van der Waals surface area contributed by atoms with Gasteiger partial charge in [0.25, 0.3) is 0 Å². The first-order valence-electron chi connectivity index (χ1n) is 7.52. The Morgan fingerprint density at radius 3 is 2.59 bits per heavy atom. The molecule has 3 heterocycles. The van der Waals surface area contributed by atoms with E-state index in [2.05, 4.69) is 24.9 Å². The van der Waals surface area contributed by atoms with Crippen LogP contribution in [0.4, 0.5) is 5.82 Å². The molecule has 0 saturated carbocycles. The molecule has 2 N–H and O–H groups in total. The highest BCUT2D eigenvalue weighted by Crippen LogP contribution is 2.16. The summed E-state index contributed by atoms with van der Waals surface area (Å²) in [5, 5.41) is 3.96. The molecule has 0 atom stereocenters. The van der Waals surface area contributed by atoms with Crippen LogP contribution in [0, 0.1) is 0 Å². The fraction of sp³-hybridized carbons (Fsp3) is 0.533. The molecular weight excluding hydrogens is 280 g/mol. The summed E-state index contributed by atoms with van der Waals surface area (Å²) in [4.78, 5) is 13.4. The van der Waals surface area contributed by atoms with Crippen LogP contribution in [-0.4, -0.2) is 46.2 Å². The van der Waals surface area contributed by atoms with Crippen LogP contribution >= 0.6 is 0 Å². The molecule has 22 heavy (non-hydrogen) atoms. The first kappa shape index (κ1) is 14.9. The summed E-state index contributed by atoms with van der Waals surface area (Å²) in [5.41, 5.74) is 5.40. The molecule has 7 heteroatoms. The van der Waals surface area contributed by atoms with Crippen LogP contribution in [0.3, 0.4) is 0 Å². The summed E-state index contributed by atoms with van der Waals surface area (Å²) >= 11 is 0. The molecule has 2 aromatic rings. The lowest BCUT2D eigenvalue weighted by Crippen LogP contribution is -2.46. The van der Waals surface area contributed by atoms with Gasteiger partial charge in [0.2, 0.25) is 5.89 Å². The minimum atomic E-state index is -0.570. The zero-order valence-corrected chi connectivity index (χ0v) is 13.1. The van der Waals surface area contributed by atoms with Crippen molar-refractivity contribution in [3.05, 3.63) is 36.1 Å². The van der Waals surface area contributed by atoms with Crippen molar-refractivity contribution < 1.29 is 4.52 Å². The zero-order valence-electron chi connectivity index (χ0n) is 13.1. The lowest BCUT2D eigenvalue weighted by Gasteiger charge is -2.34. The number of nitrogens with zero attached hydrogens (tertiary/aromatic N) is 5. The van der Waals surface area contributed by atoms with Crippen molar-refractivity contribution in [2.45, 2.75) is 25.9 Å². The number of aromatic nitrogens is 3. The molecule has 1 aliphatic heterocycles. The van der Waals surface area contributed by atoms with Gasteiger partial charge in [-0.15, -0.1) is 0 Å². The van der Waals surface area contributed by atoms with Crippen LogP contribution in [0.2, 0.25) is 0 Å². The largest absolute Gasteiger partial charge is 0.354 e. The van der Waals surface area contributed by atoms with E-state index in [0.717, 1.165) is 32.0 Å². The molecule has 0 amide bonds. The molecule has 1 fully saturated rings. The van der Waals surface area contributed by atoms with Gasteiger partial charge in [0.15, 0.2) is 5.82 Å². The van der Waals surface area contributed by atoms with Crippen LogP contribution in [0.5, 0.6) is 0 Å². The van der Waals surface area contributed by atoms with E-state index in [-0.39, 0.29) is 0 Å². The number of anilines is 1. The van der Waals surface area contributed by atoms with E-state index in [4.69, 9.17) is 10.3 Å². The molecule has 1 aliphatic rings. The highest BCUT2D eigenvalue weighted by Gasteiger charge is 2.24. The Balaban J connectivity index is 1.55. The number of rotatable bonds is 4. The maximum absolute atomic E-state index is 5.97. The minimum absolute atomic E-state index is 0.551. The Bertz CT molecular complexity index is 598. The van der Waals surface area contributed by atoms with Crippen molar-refractivity contribution in [1.29, 1.82) is 0 Å². The van der Waals surface area contributed by atoms with E-state index in [1.165, 1.54) is 0 Å². The molecule has 1 saturated heterocycles. The summed E-state index contributed by atoms with van der Waals surface area (Å²) in [6.45, 7) is 8.18. The summed E-state index contributed by atoms with van der Waals surface area (Å²) in [5.74, 6) is 2.21. The third-order valence-corrected chi connectivity index (χ3v) is 3.75. The Kier molecular flexibility index (Phi) is 4.08. The maximum atomic E-state index is 5.97. The van der Waals surface area contributed by atoms with Gasteiger partial charge in [-0.05, 0) is 26.0 Å². The van der Waals surface area contributed by atoms with Crippen LogP contribution in [0.1, 0.15) is 25.6 Å². The molecule has 0 aliphatic carbocycles. The van der Waals surface area contributed by atoms with E-state index in [1.807, 2.05) is 38.2 Å². The molecule has 0 aromatic carbocycles. The van der Waals surface area contributed by atoms with Crippen molar-refractivity contribution in [2.24, 2.45) is 5.73 Å². The molecule has 0 spiro atoms. The predicted molar refractivity (Wildman–Crippen MR) is 83.2 cm³/mol. The average Bonchev–Trinajstić information content (AvgIpc) is 2.98. The van der Waals surface area contributed by atoms with E-state index < -0.39 is 5.54 Å². The molecule has 118 valence electrons. The Morgan fingerprint density at radius 2 is 2.00 bits per heavy atom. The Morgan fingerprint density at radius 1 is 1.23 bits per heavy atom. The molecule has 0 radical (unpaired) electrons. The van der Waals surface area contributed by atoms with Crippen molar-refractivity contribution in [3.8, 4) is 0 Å². The van der Waals surface area contributed by atoms with E-state index in [0.29, 0.717) is 18.3 Å². The minimum Gasteiger partial charge on any atom is -0.354 e. The molecule has 2 aromatic heterocycles. The van der Waals surface area contributed by atoms with E-state index in [9.17, 15) is 0 Å². The lowest BCUT2D eigenvalue weighted by molar-refractivity contribution is 0.214. The van der Waals surface area contributed by atoms with Gasteiger partial charge in [0, 0.05) is 32.4 Å². The highest BCUT2D eigenvalue weighted by molar-refractivity contribution is 5.38. The Labute approximate surface area is 130 Å². The van der Waals surface area contributed by atoms with Gasteiger partial charge in [-0.3, -0.25) is 4.90 Å². The quantitative estimate of drug-likeness (QED) is 0.901. The standard InChI is InChI=1S/C15H22N6O/c1-15(2,16)14-18-13(22-19-14)11-20-7-9-21(10-8-20)12-5-3-4-6-17-12/h3-6H,7-11,16H2,1-2H3. The number of nitrogens with two attached hydrogens (primary N) is 1. The number of piperazine rings is 1. The van der Waals surface area contributed by atoms with Gasteiger partial charge in [-0.25, -0.2) is 4.98 Å². The first-order chi connectivity index (χ1) is 10.5. The number of hydrogen-bond acceptors (Lipinski definition) is 7. The topological polar surface area (TPSA) is 84.3 Å². The fourth-order valence-electron chi connectivity index (χ4n) is 2.45. The van der Waals surface area contributed by atoms with E-state index >= 15 is 0 Å². The third kappa shape index (κ3) is 3.42. The van der Waals surface area contributed by atoms with Crippen molar-refractivity contribution in [2.75, 3.05) is 31.1 Å². The van der Waals surface area contributed by atoms with Crippen molar-refractivity contribution in [3.63, 3.8) is 0 Å². The van der Waals surface area contributed by atoms with Gasteiger partial charge in [-0.1, -0.05) is 11.2 Å². The molecule has 0 bridgehead atoms. The lowest BCUT2D eigenvalue weighted by atomic mass is 10.1. The second-order valence-electron chi connectivity index (χ2n) is 6.18. The molecular formula is C15H22N6O. The van der Waals surface area contributed by atoms with Gasteiger partial charge in [0.1, 0.15) is 5.82 Å². The smallest absolute Gasteiger partial charge is 0.240 e. The van der Waals surface area contributed by atoms with Crippen LogP contribution < -0.4 is 10.6 Å². The van der Waals surface area contributed by atoms with Gasteiger partial charge >= 0.3 is 0 Å². The average molecular weight is 302 g/mol. The second-order valence-corrected chi connectivity index (χ2v) is 6.18. The fourth-order valence-corrected chi connectivity index (χ4v) is 2.45. The van der Waals surface area contributed by atoms with Gasteiger partial charge in [0.05, 0.1) is 12.1 Å². The molecule has 0 unspecified atom stereocenters. The van der Waals surface area contributed by atoms with Crippen molar-refractivity contribution >= 4 is 5.82 Å². The zero-order chi connectivity index (χ0) is 15.6. The molecule has 7 nitrogen and oxygen atoms in total. The number of hydrogen-bond donors (Lipinski definition) is 1. The van der Waals surface area contributed by atoms with Gasteiger partial charge < -0.3 is 15.2 Å². The maximum Gasteiger partial charge on any atom is 0.240 e.